The van der Waals surface area contributed by atoms with E-state index in [0.29, 0.717) is 42.2 Å². The van der Waals surface area contributed by atoms with Crippen LogP contribution in [0.3, 0.4) is 0 Å². The first-order chi connectivity index (χ1) is 22.3. The van der Waals surface area contributed by atoms with Crippen molar-refractivity contribution in [1.29, 1.82) is 0 Å². The lowest BCUT2D eigenvalue weighted by Crippen LogP contribution is -2.51. The highest BCUT2D eigenvalue weighted by Gasteiger charge is 2.32. The molecule has 10 heteroatoms. The van der Waals surface area contributed by atoms with Crippen LogP contribution in [0.5, 0.6) is 5.75 Å². The normalized spacial score (nSPS) is 16.1. The van der Waals surface area contributed by atoms with Gasteiger partial charge in [-0.05, 0) is 66.1 Å². The molecule has 3 amide bonds. The first-order valence-corrected chi connectivity index (χ1v) is 16.0. The van der Waals surface area contributed by atoms with Crippen molar-refractivity contribution in [2.75, 3.05) is 26.7 Å². The summed E-state index contributed by atoms with van der Waals surface area (Å²) in [6, 6.07) is 20.4. The molecule has 0 saturated carbocycles. The molecule has 2 fully saturated rings. The molecule has 1 atom stereocenters. The van der Waals surface area contributed by atoms with Crippen molar-refractivity contribution >= 4 is 40.3 Å². The maximum Gasteiger partial charge on any atom is 0.287 e. The Morgan fingerprint density at radius 3 is 2.48 bits per heavy atom. The van der Waals surface area contributed by atoms with Gasteiger partial charge in [-0.2, -0.15) is 0 Å². The van der Waals surface area contributed by atoms with Crippen LogP contribution in [0, 0.1) is 0 Å². The Hall–Kier alpha value is -4.63. The van der Waals surface area contributed by atoms with Gasteiger partial charge < -0.3 is 24.3 Å². The Kier molecular flexibility index (Phi) is 9.40. The van der Waals surface area contributed by atoms with E-state index in [9.17, 15) is 19.2 Å². The number of amides is 3. The first kappa shape index (κ1) is 31.4. The molecule has 2 saturated heterocycles. The lowest BCUT2D eigenvalue weighted by atomic mass is 9.86. The van der Waals surface area contributed by atoms with E-state index in [0.717, 1.165) is 43.0 Å². The number of hydrogen-bond donors (Lipinski definition) is 1. The Labute approximate surface area is 272 Å². The zero-order chi connectivity index (χ0) is 32.2. The molecule has 9 nitrogen and oxygen atoms in total. The summed E-state index contributed by atoms with van der Waals surface area (Å²) in [6.07, 6.45) is 3.27. The largest absolute Gasteiger partial charge is 0.497 e. The van der Waals surface area contributed by atoms with Crippen LogP contribution in [0.25, 0.3) is 11.0 Å². The van der Waals surface area contributed by atoms with Gasteiger partial charge in [0, 0.05) is 56.2 Å². The number of ether oxygens (including phenoxy) is 1. The number of carbonyl (C=O) groups is 3. The second kappa shape index (κ2) is 13.8. The van der Waals surface area contributed by atoms with E-state index >= 15 is 0 Å². The van der Waals surface area contributed by atoms with Crippen LogP contribution in [0.15, 0.2) is 82.0 Å². The first-order valence-electron chi connectivity index (χ1n) is 15.6. The molecule has 1 N–H and O–H groups in total. The molecule has 1 aromatic heterocycles. The average Bonchev–Trinajstić information content (AvgIpc) is 3.48. The topological polar surface area (TPSA) is 109 Å². The van der Waals surface area contributed by atoms with E-state index in [1.807, 2.05) is 29.2 Å². The minimum absolute atomic E-state index is 0.188. The third-order valence-electron chi connectivity index (χ3n) is 8.95. The van der Waals surface area contributed by atoms with Crippen molar-refractivity contribution in [2.24, 2.45) is 0 Å². The number of carbonyl (C=O) groups excluding carboxylic acids is 3. The molecule has 0 bridgehead atoms. The minimum atomic E-state index is -0.898. The third-order valence-corrected chi connectivity index (χ3v) is 9.20. The summed E-state index contributed by atoms with van der Waals surface area (Å²) in [7, 11) is 1.50. The zero-order valence-corrected chi connectivity index (χ0v) is 26.4. The van der Waals surface area contributed by atoms with Gasteiger partial charge in [0.25, 0.3) is 5.91 Å². The Balaban J connectivity index is 1.19. The molecule has 0 aliphatic carbocycles. The molecule has 3 heterocycles. The highest BCUT2D eigenvalue weighted by molar-refractivity contribution is 6.30. The fraction of sp³-hybridized carbons (Fsp3) is 0.333. The SMILES string of the molecule is COc1ccc2c(=O)cc(C(=O)N[C@H](Cc3ccc(Cl)cc3)C(=O)N3CCC(c4ccccc4CN4CCCC4=O)CC3)oc2c1. The lowest BCUT2D eigenvalue weighted by Gasteiger charge is -2.35. The molecule has 0 radical (unpaired) electrons. The zero-order valence-electron chi connectivity index (χ0n) is 25.7. The second-order valence-electron chi connectivity index (χ2n) is 11.9. The summed E-state index contributed by atoms with van der Waals surface area (Å²) in [5.41, 5.74) is 3.06. The van der Waals surface area contributed by atoms with E-state index < -0.39 is 11.9 Å². The highest BCUT2D eigenvalue weighted by Crippen LogP contribution is 2.32. The minimum Gasteiger partial charge on any atom is -0.497 e. The van der Waals surface area contributed by atoms with Crippen LogP contribution in [-0.2, 0) is 22.6 Å². The third kappa shape index (κ3) is 6.94. The highest BCUT2D eigenvalue weighted by atomic mass is 35.5. The number of nitrogens with zero attached hydrogens (tertiary/aromatic N) is 2. The number of nitrogens with one attached hydrogen (secondary N) is 1. The maximum atomic E-state index is 14.0. The quantitative estimate of drug-likeness (QED) is 0.265. The van der Waals surface area contributed by atoms with Gasteiger partial charge in [-0.1, -0.05) is 48.0 Å². The standard InChI is InChI=1S/C36H36ClN3O6/c1-45-27-12-13-29-31(41)21-33(46-32(29)20-27)35(43)38-30(19-23-8-10-26(37)11-9-23)36(44)39-17-14-24(15-18-39)28-6-3-2-5-25(28)22-40-16-4-7-34(40)42/h2-3,5-6,8-13,20-21,24,30H,4,7,14-19,22H2,1H3,(H,38,43)/t30-/m1/s1. The van der Waals surface area contributed by atoms with E-state index in [1.54, 1.807) is 35.2 Å². The molecular weight excluding hydrogens is 606 g/mol. The van der Waals surface area contributed by atoms with Crippen molar-refractivity contribution in [3.8, 4) is 5.75 Å². The predicted molar refractivity (Wildman–Crippen MR) is 175 cm³/mol. The van der Waals surface area contributed by atoms with Crippen LogP contribution in [0.4, 0.5) is 0 Å². The molecule has 238 valence electrons. The summed E-state index contributed by atoms with van der Waals surface area (Å²) < 4.78 is 11.0. The molecular formula is C36H36ClN3O6. The molecule has 6 rings (SSSR count). The molecule has 3 aromatic carbocycles. The second-order valence-corrected chi connectivity index (χ2v) is 12.3. The number of benzene rings is 3. The number of halogens is 1. The van der Waals surface area contributed by atoms with E-state index in [1.165, 1.54) is 12.7 Å². The van der Waals surface area contributed by atoms with Crippen molar-refractivity contribution < 1.29 is 23.5 Å². The molecule has 2 aliphatic heterocycles. The maximum absolute atomic E-state index is 14.0. The van der Waals surface area contributed by atoms with Crippen LogP contribution in [-0.4, -0.2) is 60.3 Å². The number of hydrogen-bond acceptors (Lipinski definition) is 6. The van der Waals surface area contributed by atoms with E-state index in [4.69, 9.17) is 20.8 Å². The van der Waals surface area contributed by atoms with E-state index in [-0.39, 0.29) is 40.9 Å². The van der Waals surface area contributed by atoms with Crippen LogP contribution in [0.2, 0.25) is 5.02 Å². The van der Waals surface area contributed by atoms with Gasteiger partial charge in [0.15, 0.2) is 11.2 Å². The number of rotatable bonds is 9. The molecule has 2 aliphatic rings. The summed E-state index contributed by atoms with van der Waals surface area (Å²) in [4.78, 5) is 56.3. The Bertz CT molecular complexity index is 1810. The smallest absolute Gasteiger partial charge is 0.287 e. The Morgan fingerprint density at radius 1 is 1.00 bits per heavy atom. The molecule has 4 aromatic rings. The number of methoxy groups -OCH3 is 1. The van der Waals surface area contributed by atoms with Crippen molar-refractivity contribution in [2.45, 2.75) is 50.6 Å². The van der Waals surface area contributed by atoms with Crippen molar-refractivity contribution in [3.05, 3.63) is 110 Å². The van der Waals surface area contributed by atoms with Gasteiger partial charge in [0.05, 0.1) is 12.5 Å². The van der Waals surface area contributed by atoms with Gasteiger partial charge in [-0.25, -0.2) is 0 Å². The fourth-order valence-corrected chi connectivity index (χ4v) is 6.57. The molecule has 46 heavy (non-hydrogen) atoms. The summed E-state index contributed by atoms with van der Waals surface area (Å²) >= 11 is 6.10. The number of likely N-dealkylation sites (tertiary alicyclic amines) is 2. The fourth-order valence-electron chi connectivity index (χ4n) is 6.44. The van der Waals surface area contributed by atoms with Gasteiger partial charge in [-0.15, -0.1) is 0 Å². The van der Waals surface area contributed by atoms with Gasteiger partial charge in [0.2, 0.25) is 11.8 Å². The number of fused-ring (bicyclic) bond motifs is 1. The van der Waals surface area contributed by atoms with Gasteiger partial charge in [0.1, 0.15) is 17.4 Å². The van der Waals surface area contributed by atoms with Gasteiger partial charge >= 0.3 is 0 Å². The summed E-state index contributed by atoms with van der Waals surface area (Å²) in [6.45, 7) is 2.45. The van der Waals surface area contributed by atoms with Crippen LogP contribution in [0.1, 0.15) is 58.8 Å². The summed E-state index contributed by atoms with van der Waals surface area (Å²) in [5, 5.41) is 3.74. The monoisotopic (exact) mass is 641 g/mol. The van der Waals surface area contributed by atoms with Crippen LogP contribution >= 0.6 is 11.6 Å². The van der Waals surface area contributed by atoms with Crippen LogP contribution < -0.4 is 15.5 Å². The van der Waals surface area contributed by atoms with E-state index in [2.05, 4.69) is 17.4 Å². The molecule has 0 spiro atoms. The average molecular weight is 642 g/mol. The van der Waals surface area contributed by atoms with Crippen molar-refractivity contribution in [1.82, 2.24) is 15.1 Å². The lowest BCUT2D eigenvalue weighted by molar-refractivity contribution is -0.134. The van der Waals surface area contributed by atoms with Gasteiger partial charge in [-0.3, -0.25) is 19.2 Å². The predicted octanol–water partition coefficient (Wildman–Crippen LogP) is 5.32. The Morgan fingerprint density at radius 2 is 1.76 bits per heavy atom. The number of piperidine rings is 1. The molecule has 0 unspecified atom stereocenters. The summed E-state index contributed by atoms with van der Waals surface area (Å²) in [5.74, 6) is -0.110. The van der Waals surface area contributed by atoms with Crippen molar-refractivity contribution in [3.63, 3.8) is 0 Å².